The van der Waals surface area contributed by atoms with Gasteiger partial charge in [-0.05, 0) is 43.5 Å². The number of aromatic amines is 1. The zero-order valence-corrected chi connectivity index (χ0v) is 15.5. The largest absolute Gasteiger partial charge is 0.339 e. The van der Waals surface area contributed by atoms with E-state index in [0.717, 1.165) is 36.0 Å². The van der Waals surface area contributed by atoms with Crippen LogP contribution in [0.1, 0.15) is 46.6 Å². The van der Waals surface area contributed by atoms with Crippen LogP contribution in [-0.4, -0.2) is 33.9 Å². The maximum atomic E-state index is 12.7. The number of hydrogen-bond donors (Lipinski definition) is 1. The molecule has 134 valence electrons. The third-order valence-electron chi connectivity index (χ3n) is 5.10. The molecule has 0 bridgehead atoms. The van der Waals surface area contributed by atoms with E-state index in [1.165, 1.54) is 4.88 Å². The van der Waals surface area contributed by atoms with Gasteiger partial charge in [0.2, 0.25) is 0 Å². The van der Waals surface area contributed by atoms with Crippen molar-refractivity contribution >= 4 is 28.1 Å². The molecule has 0 saturated carbocycles. The Labute approximate surface area is 155 Å². The molecule has 0 aromatic carbocycles. The predicted molar refractivity (Wildman–Crippen MR) is 104 cm³/mol. The number of fused-ring (bicyclic) bond motifs is 1. The number of pyridine rings is 2. The molecule has 0 spiro atoms. The van der Waals surface area contributed by atoms with Gasteiger partial charge in [0, 0.05) is 41.2 Å². The zero-order chi connectivity index (χ0) is 18.1. The van der Waals surface area contributed by atoms with E-state index in [2.05, 4.69) is 16.9 Å². The fourth-order valence-electron chi connectivity index (χ4n) is 3.58. The highest BCUT2D eigenvalue weighted by Crippen LogP contribution is 2.28. The Morgan fingerprint density at radius 3 is 2.88 bits per heavy atom. The molecule has 1 aliphatic heterocycles. The van der Waals surface area contributed by atoms with Crippen molar-refractivity contribution in [3.8, 4) is 0 Å². The van der Waals surface area contributed by atoms with Crippen molar-refractivity contribution in [1.82, 2.24) is 14.9 Å². The van der Waals surface area contributed by atoms with E-state index < -0.39 is 0 Å². The van der Waals surface area contributed by atoms with Crippen molar-refractivity contribution in [2.24, 2.45) is 0 Å². The summed E-state index contributed by atoms with van der Waals surface area (Å²) >= 11 is 1.65. The topological polar surface area (TPSA) is 66.1 Å². The highest BCUT2D eigenvalue weighted by molar-refractivity contribution is 7.10. The third kappa shape index (κ3) is 3.17. The van der Waals surface area contributed by atoms with Crippen molar-refractivity contribution < 1.29 is 4.79 Å². The van der Waals surface area contributed by atoms with Crippen LogP contribution in [0.5, 0.6) is 0 Å². The van der Waals surface area contributed by atoms with Crippen molar-refractivity contribution in [3.05, 3.63) is 62.3 Å². The Kier molecular flexibility index (Phi) is 4.59. The van der Waals surface area contributed by atoms with Crippen molar-refractivity contribution in [3.63, 3.8) is 0 Å². The number of aryl methyl sites for hydroxylation is 1. The van der Waals surface area contributed by atoms with Crippen LogP contribution in [0.4, 0.5) is 0 Å². The molecule has 6 heteroatoms. The van der Waals surface area contributed by atoms with E-state index in [4.69, 9.17) is 0 Å². The second kappa shape index (κ2) is 7.03. The van der Waals surface area contributed by atoms with Crippen molar-refractivity contribution in [2.45, 2.75) is 32.1 Å². The molecule has 0 atom stereocenters. The van der Waals surface area contributed by atoms with E-state index in [-0.39, 0.29) is 17.4 Å². The van der Waals surface area contributed by atoms with E-state index in [1.807, 2.05) is 22.4 Å². The summed E-state index contributed by atoms with van der Waals surface area (Å²) in [5.41, 5.74) is 2.37. The number of piperidine rings is 1. The van der Waals surface area contributed by atoms with Crippen LogP contribution in [0, 0.1) is 0 Å². The molecule has 3 aromatic heterocycles. The molecule has 3 aromatic rings. The summed E-state index contributed by atoms with van der Waals surface area (Å²) < 4.78 is 0. The van der Waals surface area contributed by atoms with Crippen molar-refractivity contribution in [2.75, 3.05) is 13.1 Å². The maximum absolute atomic E-state index is 12.7. The van der Waals surface area contributed by atoms with Gasteiger partial charge in [0.1, 0.15) is 0 Å². The maximum Gasteiger partial charge on any atom is 0.257 e. The second-order valence-corrected chi connectivity index (χ2v) is 7.71. The molecule has 4 rings (SSSR count). The van der Waals surface area contributed by atoms with Gasteiger partial charge in [-0.25, -0.2) is 0 Å². The number of rotatable bonds is 3. The number of carbonyl (C=O) groups excluding carboxylic acids is 1. The zero-order valence-electron chi connectivity index (χ0n) is 14.7. The Hall–Kier alpha value is -2.47. The van der Waals surface area contributed by atoms with E-state index in [1.54, 1.807) is 29.7 Å². The van der Waals surface area contributed by atoms with Crippen LogP contribution in [0.2, 0.25) is 0 Å². The van der Waals surface area contributed by atoms with Gasteiger partial charge in [-0.15, -0.1) is 11.3 Å². The van der Waals surface area contributed by atoms with Gasteiger partial charge in [0.25, 0.3) is 11.5 Å². The number of carbonyl (C=O) groups is 1. The number of amides is 1. The molecule has 5 nitrogen and oxygen atoms in total. The van der Waals surface area contributed by atoms with E-state index >= 15 is 0 Å². The molecular formula is C20H21N3O2S. The van der Waals surface area contributed by atoms with Gasteiger partial charge >= 0.3 is 0 Å². The lowest BCUT2D eigenvalue weighted by atomic mass is 9.92. The lowest BCUT2D eigenvalue weighted by Crippen LogP contribution is -2.38. The molecule has 1 amide bonds. The van der Waals surface area contributed by atoms with Gasteiger partial charge in [-0.1, -0.05) is 6.92 Å². The Bertz CT molecular complexity index is 999. The normalized spacial score (nSPS) is 15.5. The highest BCUT2D eigenvalue weighted by atomic mass is 32.1. The van der Waals surface area contributed by atoms with Gasteiger partial charge in [0.15, 0.2) is 0 Å². The van der Waals surface area contributed by atoms with Gasteiger partial charge < -0.3 is 9.88 Å². The number of thiophene rings is 1. The van der Waals surface area contributed by atoms with Crippen LogP contribution in [0.3, 0.4) is 0 Å². The number of H-pyrrole nitrogens is 1. The molecule has 1 N–H and O–H groups in total. The molecule has 0 unspecified atom stereocenters. The van der Waals surface area contributed by atoms with Gasteiger partial charge in [-0.3, -0.25) is 14.6 Å². The fourth-order valence-corrected chi connectivity index (χ4v) is 4.39. The Morgan fingerprint density at radius 1 is 1.35 bits per heavy atom. The average molecular weight is 367 g/mol. The first-order chi connectivity index (χ1) is 12.7. The SMILES string of the molecule is CCc1cc(C(=O)N2CCC(c3cc4ncccc4c(=O)[nH]3)CC2)cs1. The Balaban J connectivity index is 1.48. The summed E-state index contributed by atoms with van der Waals surface area (Å²) in [7, 11) is 0. The predicted octanol–water partition coefficient (Wildman–Crippen LogP) is 3.57. The Morgan fingerprint density at radius 2 is 2.15 bits per heavy atom. The monoisotopic (exact) mass is 367 g/mol. The summed E-state index contributed by atoms with van der Waals surface area (Å²) in [4.78, 5) is 35.4. The summed E-state index contributed by atoms with van der Waals surface area (Å²) in [5.74, 6) is 0.375. The highest BCUT2D eigenvalue weighted by Gasteiger charge is 2.26. The number of hydrogen-bond acceptors (Lipinski definition) is 4. The minimum absolute atomic E-state index is 0.0884. The second-order valence-electron chi connectivity index (χ2n) is 6.71. The summed E-state index contributed by atoms with van der Waals surface area (Å²) in [6, 6.07) is 7.55. The fraction of sp³-hybridized carbons (Fsp3) is 0.350. The summed E-state index contributed by atoms with van der Waals surface area (Å²) in [5, 5.41) is 2.58. The molecule has 26 heavy (non-hydrogen) atoms. The van der Waals surface area contributed by atoms with Gasteiger partial charge in [0.05, 0.1) is 16.5 Å². The van der Waals surface area contributed by atoms with Crippen LogP contribution < -0.4 is 5.56 Å². The number of likely N-dealkylation sites (tertiary alicyclic amines) is 1. The molecule has 1 aliphatic rings. The minimum atomic E-state index is -0.0884. The third-order valence-corrected chi connectivity index (χ3v) is 6.19. The molecule has 1 saturated heterocycles. The molecule has 1 fully saturated rings. The van der Waals surface area contributed by atoms with Crippen molar-refractivity contribution in [1.29, 1.82) is 0 Å². The first kappa shape index (κ1) is 17.0. The van der Waals surface area contributed by atoms with Crippen LogP contribution in [0.25, 0.3) is 10.9 Å². The smallest absolute Gasteiger partial charge is 0.257 e. The van der Waals surface area contributed by atoms with Crippen LogP contribution >= 0.6 is 11.3 Å². The summed E-state index contributed by atoms with van der Waals surface area (Å²) in [6.07, 6.45) is 4.37. The van der Waals surface area contributed by atoms with Gasteiger partial charge in [-0.2, -0.15) is 0 Å². The number of nitrogens with zero attached hydrogens (tertiary/aromatic N) is 2. The molecule has 0 aliphatic carbocycles. The molecule has 0 radical (unpaired) electrons. The lowest BCUT2D eigenvalue weighted by Gasteiger charge is -2.32. The average Bonchev–Trinajstić information content (AvgIpc) is 3.17. The molecular weight excluding hydrogens is 346 g/mol. The lowest BCUT2D eigenvalue weighted by molar-refractivity contribution is 0.0712. The molecule has 4 heterocycles. The van der Waals surface area contributed by atoms with Crippen LogP contribution in [-0.2, 0) is 6.42 Å². The number of nitrogens with one attached hydrogen (secondary N) is 1. The number of aromatic nitrogens is 2. The minimum Gasteiger partial charge on any atom is -0.339 e. The quantitative estimate of drug-likeness (QED) is 0.770. The van der Waals surface area contributed by atoms with E-state index in [0.29, 0.717) is 18.5 Å². The first-order valence-electron chi connectivity index (χ1n) is 9.00. The van der Waals surface area contributed by atoms with E-state index in [9.17, 15) is 9.59 Å². The first-order valence-corrected chi connectivity index (χ1v) is 9.88. The standard InChI is InChI=1S/C20H21N3O2S/c1-2-15-10-14(12-26-15)20(25)23-8-5-13(6-9-23)17-11-18-16(19(24)22-17)4-3-7-21-18/h3-4,7,10-13H,2,5-6,8-9H2,1H3,(H,22,24). The van der Waals surface area contributed by atoms with Crippen LogP contribution in [0.15, 0.2) is 40.6 Å². The summed E-state index contributed by atoms with van der Waals surface area (Å²) in [6.45, 7) is 3.52.